The molecule has 0 amide bonds. The maximum absolute atomic E-state index is 5.62. The summed E-state index contributed by atoms with van der Waals surface area (Å²) in [5.41, 5.74) is 8.00. The average Bonchev–Trinajstić information content (AvgIpc) is 2.16. The van der Waals surface area contributed by atoms with Gasteiger partial charge >= 0.3 is 0 Å². The zero-order valence-electron chi connectivity index (χ0n) is 8.50. The molecule has 0 aromatic heterocycles. The second kappa shape index (κ2) is 4.28. The van der Waals surface area contributed by atoms with Crippen molar-refractivity contribution in [1.29, 1.82) is 0 Å². The van der Waals surface area contributed by atoms with Gasteiger partial charge in [-0.3, -0.25) is 0 Å². The molecule has 0 saturated carbocycles. The SMILES string of the molecule is COc1ccc(C(C)C)cc1CN. The highest BCUT2D eigenvalue weighted by Gasteiger charge is 2.04. The first-order chi connectivity index (χ1) is 6.19. The Balaban J connectivity index is 3.05. The summed E-state index contributed by atoms with van der Waals surface area (Å²) in [7, 11) is 1.67. The van der Waals surface area contributed by atoms with Crippen LogP contribution in [-0.4, -0.2) is 7.11 Å². The third-order valence-electron chi connectivity index (χ3n) is 2.19. The molecule has 0 heterocycles. The van der Waals surface area contributed by atoms with Crippen LogP contribution < -0.4 is 10.5 Å². The minimum atomic E-state index is 0.531. The van der Waals surface area contributed by atoms with Crippen LogP contribution in [0.25, 0.3) is 0 Å². The van der Waals surface area contributed by atoms with Gasteiger partial charge in [-0.25, -0.2) is 0 Å². The largest absolute Gasteiger partial charge is 0.496 e. The van der Waals surface area contributed by atoms with Gasteiger partial charge in [0.05, 0.1) is 7.11 Å². The summed E-state index contributed by atoms with van der Waals surface area (Å²) in [5, 5.41) is 0. The van der Waals surface area contributed by atoms with Crippen molar-refractivity contribution in [2.45, 2.75) is 26.3 Å². The van der Waals surface area contributed by atoms with Crippen LogP contribution in [-0.2, 0) is 6.54 Å². The number of ether oxygens (including phenoxy) is 1. The van der Waals surface area contributed by atoms with Crippen molar-refractivity contribution in [3.8, 4) is 5.75 Å². The molecule has 0 radical (unpaired) electrons. The van der Waals surface area contributed by atoms with Gasteiger partial charge in [0.25, 0.3) is 0 Å². The fourth-order valence-electron chi connectivity index (χ4n) is 1.32. The van der Waals surface area contributed by atoms with Crippen molar-refractivity contribution in [3.05, 3.63) is 29.3 Å². The lowest BCUT2D eigenvalue weighted by atomic mass is 10.0. The van der Waals surface area contributed by atoms with Crippen molar-refractivity contribution in [1.82, 2.24) is 0 Å². The van der Waals surface area contributed by atoms with Crippen LogP contribution in [0.5, 0.6) is 5.75 Å². The molecule has 0 bridgehead atoms. The smallest absolute Gasteiger partial charge is 0.123 e. The molecule has 2 N–H and O–H groups in total. The summed E-state index contributed by atoms with van der Waals surface area (Å²) in [4.78, 5) is 0. The number of hydrogen-bond donors (Lipinski definition) is 1. The Bertz CT molecular complexity index is 281. The Labute approximate surface area is 79.7 Å². The van der Waals surface area contributed by atoms with Gasteiger partial charge < -0.3 is 10.5 Å². The van der Waals surface area contributed by atoms with E-state index in [9.17, 15) is 0 Å². The van der Waals surface area contributed by atoms with Gasteiger partial charge in [0.1, 0.15) is 5.75 Å². The summed E-state index contributed by atoms with van der Waals surface area (Å²) in [6.45, 7) is 4.87. The van der Waals surface area contributed by atoms with Gasteiger partial charge in [0.2, 0.25) is 0 Å². The first-order valence-corrected chi connectivity index (χ1v) is 4.56. The van der Waals surface area contributed by atoms with Gasteiger partial charge in [-0.1, -0.05) is 26.0 Å². The molecule has 1 aromatic carbocycles. The van der Waals surface area contributed by atoms with Crippen molar-refractivity contribution in [3.63, 3.8) is 0 Å². The van der Waals surface area contributed by atoms with Gasteiger partial charge in [-0.15, -0.1) is 0 Å². The highest BCUT2D eigenvalue weighted by atomic mass is 16.5. The zero-order chi connectivity index (χ0) is 9.84. The molecule has 0 saturated heterocycles. The average molecular weight is 179 g/mol. The second-order valence-electron chi connectivity index (χ2n) is 3.43. The van der Waals surface area contributed by atoms with Crippen LogP contribution in [0.3, 0.4) is 0 Å². The molecule has 2 nitrogen and oxygen atoms in total. The van der Waals surface area contributed by atoms with E-state index < -0.39 is 0 Å². The first-order valence-electron chi connectivity index (χ1n) is 4.56. The summed E-state index contributed by atoms with van der Waals surface area (Å²) >= 11 is 0. The number of hydrogen-bond acceptors (Lipinski definition) is 2. The third kappa shape index (κ3) is 2.22. The lowest BCUT2D eigenvalue weighted by Crippen LogP contribution is -2.01. The maximum atomic E-state index is 5.62. The summed E-state index contributed by atoms with van der Waals surface area (Å²) in [5.74, 6) is 1.42. The zero-order valence-corrected chi connectivity index (χ0v) is 8.50. The minimum absolute atomic E-state index is 0.531. The maximum Gasteiger partial charge on any atom is 0.123 e. The summed E-state index contributed by atoms with van der Waals surface area (Å²) in [6.07, 6.45) is 0. The van der Waals surface area contributed by atoms with E-state index in [0.717, 1.165) is 11.3 Å². The second-order valence-corrected chi connectivity index (χ2v) is 3.43. The third-order valence-corrected chi connectivity index (χ3v) is 2.19. The van der Waals surface area contributed by atoms with Crippen molar-refractivity contribution in [2.24, 2.45) is 5.73 Å². The Morgan fingerprint density at radius 1 is 1.38 bits per heavy atom. The van der Waals surface area contributed by atoms with E-state index >= 15 is 0 Å². The molecular weight excluding hydrogens is 162 g/mol. The monoisotopic (exact) mass is 179 g/mol. The standard InChI is InChI=1S/C11H17NO/c1-8(2)9-4-5-11(13-3)10(6-9)7-12/h4-6,8H,7,12H2,1-3H3. The van der Waals surface area contributed by atoms with Crippen LogP contribution in [0.1, 0.15) is 30.9 Å². The Morgan fingerprint density at radius 2 is 2.08 bits per heavy atom. The number of methoxy groups -OCH3 is 1. The Morgan fingerprint density at radius 3 is 2.54 bits per heavy atom. The summed E-state index contributed by atoms with van der Waals surface area (Å²) in [6, 6.07) is 6.18. The predicted octanol–water partition coefficient (Wildman–Crippen LogP) is 2.28. The molecule has 0 atom stereocenters. The Hall–Kier alpha value is -1.02. The highest BCUT2D eigenvalue weighted by molar-refractivity contribution is 5.38. The molecule has 0 unspecified atom stereocenters. The topological polar surface area (TPSA) is 35.2 Å². The van der Waals surface area contributed by atoms with Crippen molar-refractivity contribution < 1.29 is 4.74 Å². The van der Waals surface area contributed by atoms with Crippen LogP contribution in [0.2, 0.25) is 0 Å². The van der Waals surface area contributed by atoms with Crippen LogP contribution >= 0.6 is 0 Å². The molecule has 0 fully saturated rings. The van der Waals surface area contributed by atoms with E-state index in [0.29, 0.717) is 12.5 Å². The fraction of sp³-hybridized carbons (Fsp3) is 0.455. The van der Waals surface area contributed by atoms with E-state index in [2.05, 4.69) is 26.0 Å². The molecule has 0 spiro atoms. The van der Waals surface area contributed by atoms with Crippen LogP contribution in [0, 0.1) is 0 Å². The van der Waals surface area contributed by atoms with Crippen molar-refractivity contribution in [2.75, 3.05) is 7.11 Å². The number of rotatable bonds is 3. The van der Waals surface area contributed by atoms with E-state index in [1.807, 2.05) is 6.07 Å². The molecule has 0 aliphatic rings. The van der Waals surface area contributed by atoms with Crippen LogP contribution in [0.4, 0.5) is 0 Å². The van der Waals surface area contributed by atoms with Crippen molar-refractivity contribution >= 4 is 0 Å². The Kier molecular flexibility index (Phi) is 3.32. The van der Waals surface area contributed by atoms with E-state index in [4.69, 9.17) is 10.5 Å². The van der Waals surface area contributed by atoms with E-state index in [-0.39, 0.29) is 0 Å². The highest BCUT2D eigenvalue weighted by Crippen LogP contribution is 2.23. The molecule has 13 heavy (non-hydrogen) atoms. The molecule has 0 aliphatic heterocycles. The lowest BCUT2D eigenvalue weighted by Gasteiger charge is -2.11. The van der Waals surface area contributed by atoms with Gasteiger partial charge in [0, 0.05) is 12.1 Å². The fourth-order valence-corrected chi connectivity index (χ4v) is 1.32. The predicted molar refractivity (Wildman–Crippen MR) is 55.0 cm³/mol. The molecule has 1 rings (SSSR count). The van der Waals surface area contributed by atoms with E-state index in [1.54, 1.807) is 7.11 Å². The number of benzene rings is 1. The van der Waals surface area contributed by atoms with Gasteiger partial charge in [-0.2, -0.15) is 0 Å². The normalized spacial score (nSPS) is 10.5. The first kappa shape index (κ1) is 10.1. The quantitative estimate of drug-likeness (QED) is 0.772. The minimum Gasteiger partial charge on any atom is -0.496 e. The van der Waals surface area contributed by atoms with Gasteiger partial charge in [0.15, 0.2) is 0 Å². The van der Waals surface area contributed by atoms with E-state index in [1.165, 1.54) is 5.56 Å². The molecular formula is C11H17NO. The number of nitrogens with two attached hydrogens (primary N) is 1. The molecule has 0 aliphatic carbocycles. The molecule has 1 aromatic rings. The molecule has 2 heteroatoms. The van der Waals surface area contributed by atoms with Gasteiger partial charge in [-0.05, 0) is 17.5 Å². The summed E-state index contributed by atoms with van der Waals surface area (Å²) < 4.78 is 5.19. The van der Waals surface area contributed by atoms with Crippen LogP contribution in [0.15, 0.2) is 18.2 Å². The lowest BCUT2D eigenvalue weighted by molar-refractivity contribution is 0.409. The molecule has 72 valence electrons.